The fourth-order valence-electron chi connectivity index (χ4n) is 2.35. The summed E-state index contributed by atoms with van der Waals surface area (Å²) >= 11 is 0. The first-order valence-corrected chi connectivity index (χ1v) is 6.75. The average Bonchev–Trinajstić information content (AvgIpc) is 2.38. The van der Waals surface area contributed by atoms with Crippen molar-refractivity contribution in [2.45, 2.75) is 38.0 Å². The molecule has 0 amide bonds. The smallest absolute Gasteiger partial charge is 0.449 e. The largest absolute Gasteiger partial charge is 0.511 e. The highest BCUT2D eigenvalue weighted by molar-refractivity contribution is 5.63. The molecule has 0 saturated heterocycles. The van der Waals surface area contributed by atoms with Crippen molar-refractivity contribution in [2.75, 3.05) is 0 Å². The Balaban J connectivity index is 2.42. The Morgan fingerprint density at radius 1 is 1.38 bits per heavy atom. The number of hydrogen-bond donors (Lipinski definition) is 1. The SMILES string of the molecule is O=C(O)Oc1ccc([N+](=O)[O-])cc1C1C#CCCCCC1. The number of carbonyl (C=O) groups is 1. The molecule has 0 bridgehead atoms. The Hall–Kier alpha value is -2.55. The molecule has 0 spiro atoms. The van der Waals surface area contributed by atoms with E-state index in [1.54, 1.807) is 0 Å². The molecule has 1 aromatic rings. The number of ether oxygens (including phenoxy) is 1. The van der Waals surface area contributed by atoms with Crippen molar-refractivity contribution in [3.63, 3.8) is 0 Å². The number of benzene rings is 1. The van der Waals surface area contributed by atoms with Gasteiger partial charge in [0.05, 0.1) is 4.92 Å². The number of carboxylic acid groups (broad SMARTS) is 1. The lowest BCUT2D eigenvalue weighted by Crippen LogP contribution is -2.08. The summed E-state index contributed by atoms with van der Waals surface area (Å²) in [6.07, 6.45) is 3.14. The van der Waals surface area contributed by atoms with Crippen molar-refractivity contribution >= 4 is 11.8 Å². The molecule has 1 aliphatic rings. The quantitative estimate of drug-likeness (QED) is 0.301. The van der Waals surface area contributed by atoms with Crippen LogP contribution in [0.3, 0.4) is 0 Å². The molecule has 0 fully saturated rings. The van der Waals surface area contributed by atoms with Crippen molar-refractivity contribution in [3.8, 4) is 17.6 Å². The van der Waals surface area contributed by atoms with Gasteiger partial charge in [0, 0.05) is 30.0 Å². The molecule has 0 heterocycles. The molecule has 1 aliphatic carbocycles. The molecule has 6 heteroatoms. The summed E-state index contributed by atoms with van der Waals surface area (Å²) in [6, 6.07) is 3.92. The summed E-state index contributed by atoms with van der Waals surface area (Å²) < 4.78 is 4.73. The fourth-order valence-corrected chi connectivity index (χ4v) is 2.35. The minimum atomic E-state index is -1.44. The summed E-state index contributed by atoms with van der Waals surface area (Å²) in [4.78, 5) is 21.1. The molecule has 1 N–H and O–H groups in total. The van der Waals surface area contributed by atoms with Gasteiger partial charge < -0.3 is 9.84 Å². The molecule has 2 rings (SSSR count). The number of nitro groups is 1. The van der Waals surface area contributed by atoms with Crippen LogP contribution >= 0.6 is 0 Å². The van der Waals surface area contributed by atoms with E-state index in [-0.39, 0.29) is 17.4 Å². The van der Waals surface area contributed by atoms with Gasteiger partial charge in [0.15, 0.2) is 0 Å². The topological polar surface area (TPSA) is 89.7 Å². The van der Waals surface area contributed by atoms with Crippen LogP contribution in [0.5, 0.6) is 5.75 Å². The third kappa shape index (κ3) is 3.96. The maximum atomic E-state index is 10.9. The van der Waals surface area contributed by atoms with Crippen molar-refractivity contribution in [2.24, 2.45) is 0 Å². The summed E-state index contributed by atoms with van der Waals surface area (Å²) in [5, 5.41) is 19.7. The van der Waals surface area contributed by atoms with Gasteiger partial charge in [-0.05, 0) is 18.9 Å². The van der Waals surface area contributed by atoms with E-state index >= 15 is 0 Å². The van der Waals surface area contributed by atoms with E-state index in [4.69, 9.17) is 9.84 Å². The van der Waals surface area contributed by atoms with E-state index in [0.717, 1.165) is 32.1 Å². The van der Waals surface area contributed by atoms with Gasteiger partial charge in [0.1, 0.15) is 5.75 Å². The number of non-ortho nitro benzene ring substituents is 1. The summed E-state index contributed by atoms with van der Waals surface area (Å²) in [5.74, 6) is 6.00. The van der Waals surface area contributed by atoms with Crippen LogP contribution in [0.25, 0.3) is 0 Å². The molecule has 0 aromatic heterocycles. The Kier molecular flexibility index (Phi) is 4.77. The number of nitro benzene ring substituents is 1. The zero-order chi connectivity index (χ0) is 15.2. The average molecular weight is 289 g/mol. The van der Waals surface area contributed by atoms with E-state index in [1.807, 2.05) is 0 Å². The second-order valence-electron chi connectivity index (χ2n) is 4.82. The Labute approximate surface area is 121 Å². The van der Waals surface area contributed by atoms with Crippen LogP contribution in [0.4, 0.5) is 10.5 Å². The molecule has 0 radical (unpaired) electrons. The molecule has 1 atom stereocenters. The van der Waals surface area contributed by atoms with Crippen LogP contribution in [0.1, 0.15) is 43.6 Å². The molecule has 0 saturated carbocycles. The minimum Gasteiger partial charge on any atom is -0.449 e. The van der Waals surface area contributed by atoms with Gasteiger partial charge in [0.25, 0.3) is 5.69 Å². The fraction of sp³-hybridized carbons (Fsp3) is 0.400. The molecule has 6 nitrogen and oxygen atoms in total. The molecular formula is C15H15NO5. The molecule has 1 aromatic carbocycles. The van der Waals surface area contributed by atoms with Crippen molar-refractivity contribution < 1.29 is 19.6 Å². The summed E-state index contributed by atoms with van der Waals surface area (Å²) in [5.41, 5.74) is 0.382. The van der Waals surface area contributed by atoms with E-state index in [9.17, 15) is 14.9 Å². The van der Waals surface area contributed by atoms with Crippen LogP contribution in [-0.2, 0) is 0 Å². The van der Waals surface area contributed by atoms with Crippen LogP contribution < -0.4 is 4.74 Å². The van der Waals surface area contributed by atoms with Gasteiger partial charge in [-0.15, -0.1) is 5.92 Å². The van der Waals surface area contributed by atoms with Gasteiger partial charge in [0.2, 0.25) is 0 Å². The number of hydrogen-bond acceptors (Lipinski definition) is 4. The zero-order valence-electron chi connectivity index (χ0n) is 11.4. The molecule has 21 heavy (non-hydrogen) atoms. The van der Waals surface area contributed by atoms with Crippen LogP contribution in [0.2, 0.25) is 0 Å². The molecule has 110 valence electrons. The Bertz CT molecular complexity index is 614. The van der Waals surface area contributed by atoms with Crippen molar-refractivity contribution in [3.05, 3.63) is 33.9 Å². The van der Waals surface area contributed by atoms with E-state index in [1.165, 1.54) is 18.2 Å². The minimum absolute atomic E-state index is 0.0911. The first kappa shape index (κ1) is 14.9. The van der Waals surface area contributed by atoms with Crippen molar-refractivity contribution in [1.82, 2.24) is 0 Å². The Morgan fingerprint density at radius 3 is 2.90 bits per heavy atom. The maximum absolute atomic E-state index is 10.9. The highest BCUT2D eigenvalue weighted by Gasteiger charge is 2.20. The third-order valence-corrected chi connectivity index (χ3v) is 3.35. The summed E-state index contributed by atoms with van der Waals surface area (Å²) in [7, 11) is 0. The standard InChI is InChI=1S/C15H15NO5/c17-15(18)21-14-9-8-12(16(19)20)10-13(14)11-6-4-2-1-3-5-7-11/h8-11H,1-4,6H2,(H,17,18). The maximum Gasteiger partial charge on any atom is 0.511 e. The Morgan fingerprint density at radius 2 is 2.19 bits per heavy atom. The van der Waals surface area contributed by atoms with Gasteiger partial charge in [-0.25, -0.2) is 4.79 Å². The lowest BCUT2D eigenvalue weighted by Gasteiger charge is -2.15. The van der Waals surface area contributed by atoms with E-state index < -0.39 is 11.1 Å². The van der Waals surface area contributed by atoms with E-state index in [2.05, 4.69) is 11.8 Å². The molecular weight excluding hydrogens is 274 g/mol. The van der Waals surface area contributed by atoms with Crippen LogP contribution in [0, 0.1) is 22.0 Å². The van der Waals surface area contributed by atoms with Gasteiger partial charge in [-0.2, -0.15) is 0 Å². The van der Waals surface area contributed by atoms with Crippen molar-refractivity contribution in [1.29, 1.82) is 0 Å². The molecule has 1 unspecified atom stereocenters. The lowest BCUT2D eigenvalue weighted by molar-refractivity contribution is -0.384. The van der Waals surface area contributed by atoms with Gasteiger partial charge in [-0.3, -0.25) is 10.1 Å². The third-order valence-electron chi connectivity index (χ3n) is 3.35. The second kappa shape index (κ2) is 6.75. The predicted octanol–water partition coefficient (Wildman–Crippen LogP) is 3.70. The van der Waals surface area contributed by atoms with Crippen LogP contribution in [0.15, 0.2) is 18.2 Å². The lowest BCUT2D eigenvalue weighted by atomic mass is 9.90. The van der Waals surface area contributed by atoms with Gasteiger partial charge in [-0.1, -0.05) is 18.8 Å². The normalized spacial score (nSPS) is 17.8. The first-order chi connectivity index (χ1) is 10.1. The highest BCUT2D eigenvalue weighted by Crippen LogP contribution is 2.34. The van der Waals surface area contributed by atoms with Gasteiger partial charge >= 0.3 is 6.16 Å². The molecule has 0 aliphatic heterocycles. The zero-order valence-corrected chi connectivity index (χ0v) is 11.4. The highest BCUT2D eigenvalue weighted by atomic mass is 16.7. The number of rotatable bonds is 3. The summed E-state index contributed by atoms with van der Waals surface area (Å²) in [6.45, 7) is 0. The van der Waals surface area contributed by atoms with Crippen LogP contribution in [-0.4, -0.2) is 16.2 Å². The second-order valence-corrected chi connectivity index (χ2v) is 4.82. The predicted molar refractivity (Wildman–Crippen MR) is 75.4 cm³/mol. The van der Waals surface area contributed by atoms with E-state index in [0.29, 0.717) is 5.56 Å². The number of nitrogens with zero attached hydrogens (tertiary/aromatic N) is 1. The monoisotopic (exact) mass is 289 g/mol. The first-order valence-electron chi connectivity index (χ1n) is 6.75.